The van der Waals surface area contributed by atoms with Gasteiger partial charge in [-0.1, -0.05) is 43.7 Å². The molecule has 5 heterocycles. The van der Waals surface area contributed by atoms with E-state index in [2.05, 4.69) is 65.0 Å². The standard InChI is InChI=1S/C23H30N4O/c1-14(2)19-12-20(25-24-19)23(28)27-13-18(16-6-4-15(3)5-7-16)22-21(27)17-8-10-26(22)11-9-17/h4-7,12,14,17-18,21-22H,8-11,13H2,1-3H3,(H,24,25)/t18-,21-,22-/m1/s1. The molecular formula is C23H30N4O. The first-order chi connectivity index (χ1) is 13.5. The number of likely N-dealkylation sites (tertiary alicyclic amines) is 1. The zero-order chi connectivity index (χ0) is 19.4. The number of carbonyl (C=O) groups is 1. The lowest BCUT2D eigenvalue weighted by Gasteiger charge is -2.51. The van der Waals surface area contributed by atoms with Gasteiger partial charge in [0.25, 0.3) is 5.91 Å². The van der Waals surface area contributed by atoms with Crippen molar-refractivity contribution in [2.24, 2.45) is 5.92 Å². The second kappa shape index (κ2) is 6.73. The van der Waals surface area contributed by atoms with Gasteiger partial charge in [0.15, 0.2) is 0 Å². The number of aromatic amines is 1. The minimum atomic E-state index is 0.0986. The number of carbonyl (C=O) groups excluding carboxylic acids is 1. The van der Waals surface area contributed by atoms with Gasteiger partial charge in [-0.3, -0.25) is 14.8 Å². The van der Waals surface area contributed by atoms with Crippen molar-refractivity contribution in [1.82, 2.24) is 20.0 Å². The lowest BCUT2D eigenvalue weighted by molar-refractivity contribution is -0.00358. The number of H-pyrrole nitrogens is 1. The number of aromatic nitrogens is 2. The van der Waals surface area contributed by atoms with Crippen molar-refractivity contribution < 1.29 is 4.79 Å². The first-order valence-corrected chi connectivity index (χ1v) is 10.7. The van der Waals surface area contributed by atoms with Crippen LogP contribution < -0.4 is 0 Å². The Morgan fingerprint density at radius 3 is 2.50 bits per heavy atom. The third-order valence-corrected chi connectivity index (χ3v) is 7.20. The number of rotatable bonds is 3. The van der Waals surface area contributed by atoms with E-state index in [1.165, 1.54) is 37.1 Å². The fourth-order valence-corrected chi connectivity index (χ4v) is 5.65. The summed E-state index contributed by atoms with van der Waals surface area (Å²) in [6.45, 7) is 9.52. The highest BCUT2D eigenvalue weighted by molar-refractivity contribution is 5.93. The van der Waals surface area contributed by atoms with Gasteiger partial charge in [0.1, 0.15) is 5.69 Å². The maximum atomic E-state index is 13.5. The van der Waals surface area contributed by atoms with Crippen LogP contribution in [0.25, 0.3) is 0 Å². The number of hydrogen-bond acceptors (Lipinski definition) is 3. The predicted octanol–water partition coefficient (Wildman–Crippen LogP) is 3.54. The maximum absolute atomic E-state index is 13.5. The molecule has 5 heteroatoms. The molecule has 0 radical (unpaired) electrons. The Morgan fingerprint density at radius 2 is 1.86 bits per heavy atom. The van der Waals surface area contributed by atoms with Crippen molar-refractivity contribution in [1.29, 1.82) is 0 Å². The number of nitrogens with zero attached hydrogens (tertiary/aromatic N) is 3. The van der Waals surface area contributed by atoms with Crippen LogP contribution in [0.3, 0.4) is 0 Å². The molecule has 6 rings (SSSR count). The summed E-state index contributed by atoms with van der Waals surface area (Å²) in [7, 11) is 0. The molecule has 4 saturated heterocycles. The molecule has 3 atom stereocenters. The van der Waals surface area contributed by atoms with E-state index in [9.17, 15) is 4.79 Å². The summed E-state index contributed by atoms with van der Waals surface area (Å²) in [6.07, 6.45) is 2.42. The number of hydrogen-bond donors (Lipinski definition) is 1. The molecule has 0 aliphatic carbocycles. The Kier molecular flexibility index (Phi) is 4.31. The summed E-state index contributed by atoms with van der Waals surface area (Å²) in [5.41, 5.74) is 4.26. The van der Waals surface area contributed by atoms with E-state index in [0.29, 0.717) is 35.5 Å². The Hall–Kier alpha value is -2.14. The third-order valence-electron chi connectivity index (χ3n) is 7.20. The molecule has 2 aromatic rings. The van der Waals surface area contributed by atoms with E-state index in [-0.39, 0.29) is 5.91 Å². The molecule has 5 nitrogen and oxygen atoms in total. The molecule has 0 saturated carbocycles. The Labute approximate surface area is 167 Å². The Bertz CT molecular complexity index is 863. The number of nitrogens with one attached hydrogen (secondary N) is 1. The number of amides is 1. The van der Waals surface area contributed by atoms with E-state index in [1.54, 1.807) is 0 Å². The summed E-state index contributed by atoms with van der Waals surface area (Å²) >= 11 is 0. The summed E-state index contributed by atoms with van der Waals surface area (Å²) in [5.74, 6) is 1.46. The minimum Gasteiger partial charge on any atom is -0.332 e. The largest absolute Gasteiger partial charge is 0.332 e. The molecule has 4 aliphatic rings. The highest BCUT2D eigenvalue weighted by Crippen LogP contribution is 2.46. The molecular weight excluding hydrogens is 348 g/mol. The van der Waals surface area contributed by atoms with Gasteiger partial charge in [0.2, 0.25) is 0 Å². The average Bonchev–Trinajstić information content (AvgIpc) is 3.36. The van der Waals surface area contributed by atoms with Gasteiger partial charge < -0.3 is 4.90 Å². The van der Waals surface area contributed by atoms with E-state index >= 15 is 0 Å². The second-order valence-electron chi connectivity index (χ2n) is 9.19. The van der Waals surface area contributed by atoms with Gasteiger partial charge >= 0.3 is 0 Å². The van der Waals surface area contributed by atoms with Crippen LogP contribution in [-0.2, 0) is 0 Å². The van der Waals surface area contributed by atoms with Crippen LogP contribution in [0.1, 0.15) is 65.8 Å². The summed E-state index contributed by atoms with van der Waals surface area (Å²) < 4.78 is 0. The fourth-order valence-electron chi connectivity index (χ4n) is 5.65. The van der Waals surface area contributed by atoms with Crippen molar-refractivity contribution in [3.63, 3.8) is 0 Å². The third kappa shape index (κ3) is 2.79. The van der Waals surface area contributed by atoms with E-state index < -0.39 is 0 Å². The fraction of sp³-hybridized carbons (Fsp3) is 0.565. The van der Waals surface area contributed by atoms with Gasteiger partial charge in [-0.15, -0.1) is 0 Å². The van der Waals surface area contributed by atoms with E-state index in [1.807, 2.05) is 6.07 Å². The summed E-state index contributed by atoms with van der Waals surface area (Å²) in [6, 6.07) is 11.6. The number of aryl methyl sites for hydroxylation is 1. The highest BCUT2D eigenvalue weighted by Gasteiger charge is 2.54. The van der Waals surface area contributed by atoms with Crippen LogP contribution in [0, 0.1) is 12.8 Å². The monoisotopic (exact) mass is 378 g/mol. The van der Waals surface area contributed by atoms with Crippen LogP contribution in [0.2, 0.25) is 0 Å². The number of fused-ring (bicyclic) bond motifs is 2. The summed E-state index contributed by atoms with van der Waals surface area (Å²) in [4.78, 5) is 18.3. The molecule has 0 unspecified atom stereocenters. The molecule has 4 fully saturated rings. The Balaban J connectivity index is 1.49. The predicted molar refractivity (Wildman–Crippen MR) is 110 cm³/mol. The molecule has 4 aliphatic heterocycles. The molecule has 28 heavy (non-hydrogen) atoms. The van der Waals surface area contributed by atoms with Crippen LogP contribution in [-0.4, -0.2) is 57.6 Å². The van der Waals surface area contributed by atoms with Crippen molar-refractivity contribution in [3.8, 4) is 0 Å². The van der Waals surface area contributed by atoms with Crippen molar-refractivity contribution in [2.75, 3.05) is 19.6 Å². The van der Waals surface area contributed by atoms with Crippen molar-refractivity contribution in [2.45, 2.75) is 57.5 Å². The van der Waals surface area contributed by atoms with E-state index in [0.717, 1.165) is 12.2 Å². The quantitative estimate of drug-likeness (QED) is 0.889. The van der Waals surface area contributed by atoms with Crippen LogP contribution >= 0.6 is 0 Å². The molecule has 1 aromatic heterocycles. The normalized spacial score (nSPS) is 31.4. The van der Waals surface area contributed by atoms with Crippen LogP contribution in [0.4, 0.5) is 0 Å². The zero-order valence-electron chi connectivity index (χ0n) is 17.1. The molecule has 0 spiro atoms. The lowest BCUT2D eigenvalue weighted by Crippen LogP contribution is -2.60. The topological polar surface area (TPSA) is 52.2 Å². The second-order valence-corrected chi connectivity index (χ2v) is 9.19. The van der Waals surface area contributed by atoms with Gasteiger partial charge in [0.05, 0.1) is 6.04 Å². The van der Waals surface area contributed by atoms with Crippen LogP contribution in [0.15, 0.2) is 30.3 Å². The first kappa shape index (κ1) is 17.9. The smallest absolute Gasteiger partial charge is 0.274 e. The maximum Gasteiger partial charge on any atom is 0.274 e. The van der Waals surface area contributed by atoms with Crippen molar-refractivity contribution in [3.05, 3.63) is 52.8 Å². The first-order valence-electron chi connectivity index (χ1n) is 10.7. The molecule has 2 bridgehead atoms. The van der Waals surface area contributed by atoms with Gasteiger partial charge in [0, 0.05) is 24.2 Å². The van der Waals surface area contributed by atoms with Gasteiger partial charge in [-0.05, 0) is 56.3 Å². The number of piperidine rings is 3. The zero-order valence-corrected chi connectivity index (χ0v) is 17.1. The Morgan fingerprint density at radius 1 is 1.14 bits per heavy atom. The molecule has 148 valence electrons. The van der Waals surface area contributed by atoms with E-state index in [4.69, 9.17) is 0 Å². The highest BCUT2D eigenvalue weighted by atomic mass is 16.2. The van der Waals surface area contributed by atoms with Crippen molar-refractivity contribution >= 4 is 5.91 Å². The van der Waals surface area contributed by atoms with Gasteiger partial charge in [-0.25, -0.2) is 0 Å². The van der Waals surface area contributed by atoms with Gasteiger partial charge in [-0.2, -0.15) is 5.10 Å². The molecule has 1 aromatic carbocycles. The molecule has 1 amide bonds. The SMILES string of the molecule is Cc1ccc([C@H]2CN(C(=O)c3cc(C(C)C)[nH]n3)[C@@H]3C4CCN(CC4)[C@H]23)cc1. The lowest BCUT2D eigenvalue weighted by atomic mass is 9.75. The number of benzene rings is 1. The summed E-state index contributed by atoms with van der Waals surface area (Å²) in [5, 5.41) is 7.42. The average molecular weight is 379 g/mol. The van der Waals surface area contributed by atoms with Crippen LogP contribution in [0.5, 0.6) is 0 Å². The molecule has 1 N–H and O–H groups in total. The minimum absolute atomic E-state index is 0.0986.